The minimum Gasteiger partial charge on any atom is -0.367 e. The summed E-state index contributed by atoms with van der Waals surface area (Å²) >= 11 is 0. The normalized spacial score (nSPS) is 32.7. The Bertz CT molecular complexity index is 607. The molecule has 0 saturated carbocycles. The minimum absolute atomic E-state index is 0.132. The largest absolute Gasteiger partial charge is 0.367 e. The number of likely N-dealkylation sites (tertiary alicyclic amines) is 1. The number of anilines is 1. The summed E-state index contributed by atoms with van der Waals surface area (Å²) in [5.74, 6) is 0. The maximum atomic E-state index is 12.8. The van der Waals surface area contributed by atoms with Crippen molar-refractivity contribution in [1.29, 1.82) is 0 Å². The molecule has 0 aromatic heterocycles. The van der Waals surface area contributed by atoms with Crippen LogP contribution in [0.5, 0.6) is 0 Å². The van der Waals surface area contributed by atoms with Gasteiger partial charge in [0.1, 0.15) is 0 Å². The molecule has 1 N–H and O–H groups in total. The summed E-state index contributed by atoms with van der Waals surface area (Å²) in [6.07, 6.45) is 4.65. The molecule has 0 aliphatic carbocycles. The summed E-state index contributed by atoms with van der Waals surface area (Å²) in [6, 6.07) is 12.6. The molecule has 25 heavy (non-hydrogen) atoms. The molecule has 0 unspecified atom stereocenters. The zero-order valence-corrected chi connectivity index (χ0v) is 15.4. The molecule has 3 saturated heterocycles. The van der Waals surface area contributed by atoms with Crippen LogP contribution < -0.4 is 10.2 Å². The predicted molar refractivity (Wildman–Crippen MR) is 101 cm³/mol. The highest BCUT2D eigenvalue weighted by Crippen LogP contribution is 2.29. The van der Waals surface area contributed by atoms with Gasteiger partial charge < -0.3 is 15.1 Å². The Kier molecular flexibility index (Phi) is 4.59. The monoisotopic (exact) mass is 342 g/mol. The third-order valence-electron chi connectivity index (χ3n) is 6.43. The second kappa shape index (κ2) is 6.87. The van der Waals surface area contributed by atoms with Crippen molar-refractivity contribution in [3.05, 3.63) is 30.3 Å². The van der Waals surface area contributed by atoms with Gasteiger partial charge in [-0.05, 0) is 51.8 Å². The number of amides is 2. The molecule has 3 heterocycles. The van der Waals surface area contributed by atoms with Crippen molar-refractivity contribution < 1.29 is 4.79 Å². The highest BCUT2D eigenvalue weighted by molar-refractivity contribution is 5.75. The Morgan fingerprint density at radius 3 is 2.64 bits per heavy atom. The number of urea groups is 1. The fourth-order valence-electron chi connectivity index (χ4n) is 4.87. The lowest BCUT2D eigenvalue weighted by molar-refractivity contribution is 0.185. The standard InChI is InChI=1S/C20H30N4O/c1-15-12-16(13-24(15)18-6-4-3-5-7-18)21-20(25)23-11-10-17-8-9-19(14-23)22(17)2/h3-7,15-17,19H,8-14H2,1-2H3,(H,21,25)/t15-,16-,17-,19+/m1/s1. The Balaban J connectivity index is 1.35. The maximum absolute atomic E-state index is 12.8. The van der Waals surface area contributed by atoms with Crippen molar-refractivity contribution in [2.24, 2.45) is 0 Å². The molecule has 4 atom stereocenters. The molecular formula is C20H30N4O. The number of likely N-dealkylation sites (N-methyl/N-ethyl adjacent to an activating group) is 1. The topological polar surface area (TPSA) is 38.8 Å². The van der Waals surface area contributed by atoms with Gasteiger partial charge in [0.05, 0.1) is 6.04 Å². The van der Waals surface area contributed by atoms with Crippen molar-refractivity contribution in [3.63, 3.8) is 0 Å². The van der Waals surface area contributed by atoms with Crippen LogP contribution in [-0.4, -0.2) is 66.7 Å². The highest BCUT2D eigenvalue weighted by Gasteiger charge is 2.37. The van der Waals surface area contributed by atoms with Crippen LogP contribution in [0.4, 0.5) is 10.5 Å². The van der Waals surface area contributed by atoms with Gasteiger partial charge in [-0.2, -0.15) is 0 Å². The number of nitrogens with zero attached hydrogens (tertiary/aromatic N) is 3. The number of benzene rings is 1. The molecule has 136 valence electrons. The number of carbonyl (C=O) groups excluding carboxylic acids is 1. The summed E-state index contributed by atoms with van der Waals surface area (Å²) in [5, 5.41) is 3.31. The molecule has 3 aliphatic heterocycles. The van der Waals surface area contributed by atoms with Gasteiger partial charge in [-0.15, -0.1) is 0 Å². The first kappa shape index (κ1) is 16.7. The van der Waals surface area contributed by atoms with E-state index in [0.29, 0.717) is 18.1 Å². The Hall–Kier alpha value is -1.75. The zero-order chi connectivity index (χ0) is 17.4. The van der Waals surface area contributed by atoms with E-state index in [1.807, 2.05) is 6.07 Å². The van der Waals surface area contributed by atoms with Gasteiger partial charge in [0.2, 0.25) is 0 Å². The molecular weight excluding hydrogens is 312 g/mol. The summed E-state index contributed by atoms with van der Waals surface area (Å²) < 4.78 is 0. The predicted octanol–water partition coefficient (Wildman–Crippen LogP) is 2.53. The smallest absolute Gasteiger partial charge is 0.317 e. The summed E-state index contributed by atoms with van der Waals surface area (Å²) in [7, 11) is 2.22. The molecule has 5 heteroatoms. The molecule has 2 bridgehead atoms. The van der Waals surface area contributed by atoms with Gasteiger partial charge in [-0.1, -0.05) is 18.2 Å². The van der Waals surface area contributed by atoms with Gasteiger partial charge in [0.15, 0.2) is 0 Å². The van der Waals surface area contributed by atoms with Gasteiger partial charge in [-0.3, -0.25) is 4.90 Å². The van der Waals surface area contributed by atoms with Crippen LogP contribution in [0.15, 0.2) is 30.3 Å². The lowest BCUT2D eigenvalue weighted by atomic mass is 10.1. The van der Waals surface area contributed by atoms with E-state index in [9.17, 15) is 4.79 Å². The van der Waals surface area contributed by atoms with Crippen LogP contribution in [0.25, 0.3) is 0 Å². The van der Waals surface area contributed by atoms with Gasteiger partial charge in [-0.25, -0.2) is 4.79 Å². The van der Waals surface area contributed by atoms with E-state index in [-0.39, 0.29) is 12.1 Å². The number of fused-ring (bicyclic) bond motifs is 2. The average molecular weight is 342 g/mol. The maximum Gasteiger partial charge on any atom is 0.317 e. The van der Waals surface area contributed by atoms with Crippen molar-refractivity contribution in [1.82, 2.24) is 15.1 Å². The first-order valence-corrected chi connectivity index (χ1v) is 9.71. The molecule has 0 radical (unpaired) electrons. The SMILES string of the molecule is C[C@@H]1C[C@@H](NC(=O)N2CC[C@H]3CC[C@@H](C2)N3C)CN1c1ccccc1. The quantitative estimate of drug-likeness (QED) is 0.898. The molecule has 3 aliphatic rings. The van der Waals surface area contributed by atoms with E-state index in [0.717, 1.165) is 32.5 Å². The molecule has 3 fully saturated rings. The molecule has 1 aromatic rings. The molecule has 2 amide bonds. The van der Waals surface area contributed by atoms with Crippen LogP contribution in [0.2, 0.25) is 0 Å². The fraction of sp³-hybridized carbons (Fsp3) is 0.650. The second-order valence-corrected chi connectivity index (χ2v) is 8.00. The molecule has 4 rings (SSSR count). The van der Waals surface area contributed by atoms with Crippen LogP contribution in [-0.2, 0) is 0 Å². The van der Waals surface area contributed by atoms with Crippen LogP contribution >= 0.6 is 0 Å². The molecule has 5 nitrogen and oxygen atoms in total. The second-order valence-electron chi connectivity index (χ2n) is 8.00. The number of carbonyl (C=O) groups is 1. The summed E-state index contributed by atoms with van der Waals surface area (Å²) in [6.45, 7) is 4.92. The van der Waals surface area contributed by atoms with E-state index in [2.05, 4.69) is 58.3 Å². The van der Waals surface area contributed by atoms with Crippen molar-refractivity contribution in [2.45, 2.75) is 56.8 Å². The van der Waals surface area contributed by atoms with Crippen molar-refractivity contribution in [2.75, 3.05) is 31.6 Å². The minimum atomic E-state index is 0.132. The third-order valence-corrected chi connectivity index (χ3v) is 6.43. The number of para-hydroxylation sites is 1. The van der Waals surface area contributed by atoms with E-state index >= 15 is 0 Å². The Morgan fingerprint density at radius 2 is 1.84 bits per heavy atom. The van der Waals surface area contributed by atoms with Crippen LogP contribution in [0.1, 0.15) is 32.6 Å². The number of nitrogens with one attached hydrogen (secondary N) is 1. The van der Waals surface area contributed by atoms with Crippen molar-refractivity contribution >= 4 is 11.7 Å². The van der Waals surface area contributed by atoms with Crippen molar-refractivity contribution in [3.8, 4) is 0 Å². The first-order chi connectivity index (χ1) is 12.1. The lowest BCUT2D eigenvalue weighted by Crippen LogP contribution is -2.48. The van der Waals surface area contributed by atoms with Gasteiger partial charge >= 0.3 is 6.03 Å². The lowest BCUT2D eigenvalue weighted by Gasteiger charge is -2.27. The number of hydrogen-bond acceptors (Lipinski definition) is 3. The number of rotatable bonds is 2. The van der Waals surface area contributed by atoms with E-state index in [1.54, 1.807) is 0 Å². The first-order valence-electron chi connectivity index (χ1n) is 9.71. The Morgan fingerprint density at radius 1 is 1.08 bits per heavy atom. The van der Waals surface area contributed by atoms with Crippen LogP contribution in [0.3, 0.4) is 0 Å². The third kappa shape index (κ3) is 3.34. The molecule has 0 spiro atoms. The van der Waals surface area contributed by atoms with Crippen LogP contribution in [0, 0.1) is 0 Å². The van der Waals surface area contributed by atoms with E-state index in [1.165, 1.54) is 18.5 Å². The summed E-state index contributed by atoms with van der Waals surface area (Å²) in [4.78, 5) is 19.8. The van der Waals surface area contributed by atoms with Gasteiger partial charge in [0, 0.05) is 43.4 Å². The molecule has 1 aromatic carbocycles. The highest BCUT2D eigenvalue weighted by atomic mass is 16.2. The summed E-state index contributed by atoms with van der Waals surface area (Å²) in [5.41, 5.74) is 1.25. The van der Waals surface area contributed by atoms with Gasteiger partial charge in [0.25, 0.3) is 0 Å². The van der Waals surface area contributed by atoms with E-state index in [4.69, 9.17) is 0 Å². The number of hydrogen-bond donors (Lipinski definition) is 1. The average Bonchev–Trinajstić information content (AvgIpc) is 3.07. The fourth-order valence-corrected chi connectivity index (χ4v) is 4.87. The Labute approximate surface area is 151 Å². The van der Waals surface area contributed by atoms with E-state index < -0.39 is 0 Å². The zero-order valence-electron chi connectivity index (χ0n) is 15.4.